The molecule has 7 heteroatoms. The monoisotopic (exact) mass is 479 g/mol. The summed E-state index contributed by atoms with van der Waals surface area (Å²) in [5.74, 6) is 3.56. The summed E-state index contributed by atoms with van der Waals surface area (Å²) in [6.45, 7) is 8.17. The first-order valence-electron chi connectivity index (χ1n) is 13.1. The molecule has 184 valence electrons. The molecule has 2 aliphatic carbocycles. The fourth-order valence-corrected chi connectivity index (χ4v) is 5.09. The van der Waals surface area contributed by atoms with Crippen LogP contribution in [0.2, 0.25) is 0 Å². The summed E-state index contributed by atoms with van der Waals surface area (Å²) in [4.78, 5) is 21.7. The van der Waals surface area contributed by atoms with Crippen molar-refractivity contribution >= 4 is 22.5 Å². The van der Waals surface area contributed by atoms with Gasteiger partial charge >= 0.3 is 0 Å². The molecule has 0 bridgehead atoms. The Morgan fingerprint density at radius 2 is 1.97 bits per heavy atom. The minimum atomic E-state index is 0.130. The highest BCUT2D eigenvalue weighted by atomic mass is 15.2. The van der Waals surface area contributed by atoms with E-state index in [2.05, 4.69) is 75.8 Å². The molecule has 0 radical (unpaired) electrons. The lowest BCUT2D eigenvalue weighted by atomic mass is 10.0. The van der Waals surface area contributed by atoms with E-state index in [-0.39, 0.29) is 6.04 Å². The summed E-state index contributed by atoms with van der Waals surface area (Å²) in [6, 6.07) is 4.18. The smallest absolute Gasteiger partial charge is 0.162 e. The van der Waals surface area contributed by atoms with Crippen LogP contribution in [0.3, 0.4) is 0 Å². The van der Waals surface area contributed by atoms with E-state index in [0.717, 1.165) is 54.7 Å². The van der Waals surface area contributed by atoms with Crippen molar-refractivity contribution in [3.8, 4) is 11.4 Å². The van der Waals surface area contributed by atoms with Crippen LogP contribution in [0.5, 0.6) is 0 Å². The zero-order valence-corrected chi connectivity index (χ0v) is 21.0. The van der Waals surface area contributed by atoms with Crippen LogP contribution in [0.1, 0.15) is 38.2 Å². The van der Waals surface area contributed by atoms with Gasteiger partial charge in [0.1, 0.15) is 11.6 Å². The maximum Gasteiger partial charge on any atom is 0.162 e. The highest BCUT2D eigenvalue weighted by Crippen LogP contribution is 2.44. The number of anilines is 2. The van der Waals surface area contributed by atoms with Gasteiger partial charge in [-0.15, -0.1) is 0 Å². The quantitative estimate of drug-likeness (QED) is 0.523. The van der Waals surface area contributed by atoms with E-state index < -0.39 is 0 Å². The van der Waals surface area contributed by atoms with Gasteiger partial charge in [0.2, 0.25) is 0 Å². The molecule has 4 heterocycles. The molecule has 1 aliphatic heterocycles. The molecule has 0 aromatic carbocycles. The van der Waals surface area contributed by atoms with Crippen LogP contribution in [0.25, 0.3) is 22.3 Å². The van der Waals surface area contributed by atoms with Crippen LogP contribution >= 0.6 is 0 Å². The second-order valence-corrected chi connectivity index (χ2v) is 10.1. The van der Waals surface area contributed by atoms with E-state index in [4.69, 9.17) is 9.97 Å². The van der Waals surface area contributed by atoms with Gasteiger partial charge in [0.05, 0.1) is 11.7 Å². The van der Waals surface area contributed by atoms with Gasteiger partial charge in [-0.25, -0.2) is 15.0 Å². The predicted octanol–water partition coefficient (Wildman–Crippen LogP) is 4.86. The van der Waals surface area contributed by atoms with E-state index in [1.807, 2.05) is 24.7 Å². The molecule has 3 aromatic heterocycles. The second-order valence-electron chi connectivity index (χ2n) is 10.1. The summed E-state index contributed by atoms with van der Waals surface area (Å²) in [5, 5.41) is 8.21. The van der Waals surface area contributed by atoms with Crippen molar-refractivity contribution < 1.29 is 0 Å². The Hall–Kier alpha value is -3.58. The van der Waals surface area contributed by atoms with Crippen LogP contribution in [0.15, 0.2) is 66.7 Å². The lowest BCUT2D eigenvalue weighted by Crippen LogP contribution is -2.44. The molecule has 1 saturated heterocycles. The maximum atomic E-state index is 5.17. The highest BCUT2D eigenvalue weighted by Gasteiger charge is 2.29. The Morgan fingerprint density at radius 1 is 1.11 bits per heavy atom. The van der Waals surface area contributed by atoms with Gasteiger partial charge in [0.15, 0.2) is 5.82 Å². The first-order valence-corrected chi connectivity index (χ1v) is 13.1. The van der Waals surface area contributed by atoms with Gasteiger partial charge in [-0.1, -0.05) is 37.3 Å². The Bertz CT molecular complexity index is 1350. The average Bonchev–Trinajstić information content (AvgIpc) is 3.77. The Labute approximate surface area is 212 Å². The van der Waals surface area contributed by atoms with Gasteiger partial charge in [-0.05, 0) is 54.9 Å². The van der Waals surface area contributed by atoms with Gasteiger partial charge in [0, 0.05) is 55.6 Å². The number of hydrogen-bond acceptors (Lipinski definition) is 7. The van der Waals surface area contributed by atoms with Crippen molar-refractivity contribution in [3.05, 3.63) is 72.2 Å². The van der Waals surface area contributed by atoms with Crippen molar-refractivity contribution in [1.29, 1.82) is 0 Å². The van der Waals surface area contributed by atoms with Crippen molar-refractivity contribution in [2.24, 2.45) is 5.92 Å². The minimum Gasteiger partial charge on any atom is -0.364 e. The third-order valence-corrected chi connectivity index (χ3v) is 7.20. The number of rotatable bonds is 6. The summed E-state index contributed by atoms with van der Waals surface area (Å²) in [7, 11) is 0. The first-order chi connectivity index (χ1) is 17.7. The topological polar surface area (TPSA) is 78.9 Å². The van der Waals surface area contributed by atoms with E-state index in [1.54, 1.807) is 0 Å². The first kappa shape index (κ1) is 22.9. The third-order valence-electron chi connectivity index (χ3n) is 7.20. The average molecular weight is 480 g/mol. The maximum absolute atomic E-state index is 5.17. The van der Waals surface area contributed by atoms with Crippen LogP contribution in [0.4, 0.5) is 11.6 Å². The van der Waals surface area contributed by atoms with E-state index in [9.17, 15) is 0 Å². The van der Waals surface area contributed by atoms with Crippen LogP contribution < -0.4 is 15.5 Å². The van der Waals surface area contributed by atoms with Crippen molar-refractivity contribution in [2.45, 2.75) is 38.6 Å². The third kappa shape index (κ3) is 4.75. The summed E-state index contributed by atoms with van der Waals surface area (Å²) in [5.41, 5.74) is 4.43. The molecule has 0 amide bonds. The number of nitrogens with one attached hydrogen (secondary N) is 2. The van der Waals surface area contributed by atoms with Crippen molar-refractivity contribution in [2.75, 3.05) is 36.4 Å². The Balaban J connectivity index is 1.36. The van der Waals surface area contributed by atoms with Crippen LogP contribution in [-0.4, -0.2) is 52.2 Å². The molecule has 3 aromatic rings. The lowest BCUT2D eigenvalue weighted by Gasteiger charge is -2.30. The zero-order chi connectivity index (χ0) is 24.5. The number of allylic oxidation sites excluding steroid dienone is 4. The molecule has 3 aliphatic rings. The SMILES string of the molecule is CC1C=CC=CC(C(C)Nc2cc(-c3nc(N4CCNCC4)c4c(C5CC5)cncc4n3)ccn2)=C1. The standard InChI is InChI=1S/C29H33N7/c1-19-5-3-4-6-22(15-19)20(2)33-26-16-23(9-10-32-26)28-34-25-18-31-17-24(21-7-8-21)27(25)29(35-28)36-13-11-30-12-14-36/h3-6,9-10,15-21,30H,7-8,11-14H2,1-2H3,(H,32,33). The van der Waals surface area contributed by atoms with E-state index >= 15 is 0 Å². The van der Waals surface area contributed by atoms with Crippen molar-refractivity contribution in [3.63, 3.8) is 0 Å². The minimum absolute atomic E-state index is 0.130. The fraction of sp³-hybridized carbons (Fsp3) is 0.379. The molecule has 1 saturated carbocycles. The number of nitrogens with zero attached hydrogens (tertiary/aromatic N) is 5. The second kappa shape index (κ2) is 9.82. The van der Waals surface area contributed by atoms with Gasteiger partial charge in [0.25, 0.3) is 0 Å². The van der Waals surface area contributed by atoms with Gasteiger partial charge in [-0.2, -0.15) is 0 Å². The molecule has 2 fully saturated rings. The number of piperazine rings is 1. The fourth-order valence-electron chi connectivity index (χ4n) is 5.09. The molecule has 2 atom stereocenters. The normalized spacial score (nSPS) is 20.8. The number of hydrogen-bond donors (Lipinski definition) is 2. The number of aromatic nitrogens is 4. The Kier molecular flexibility index (Phi) is 6.23. The zero-order valence-electron chi connectivity index (χ0n) is 21.0. The molecular formula is C29H33N7. The predicted molar refractivity (Wildman–Crippen MR) is 146 cm³/mol. The largest absolute Gasteiger partial charge is 0.364 e. The Morgan fingerprint density at radius 3 is 2.81 bits per heavy atom. The molecule has 7 nitrogen and oxygen atoms in total. The molecule has 36 heavy (non-hydrogen) atoms. The summed E-state index contributed by atoms with van der Waals surface area (Å²) < 4.78 is 0. The van der Waals surface area contributed by atoms with Crippen molar-refractivity contribution in [1.82, 2.24) is 25.3 Å². The number of pyridine rings is 2. The molecule has 2 N–H and O–H groups in total. The highest BCUT2D eigenvalue weighted by molar-refractivity contribution is 5.94. The molecule has 6 rings (SSSR count). The summed E-state index contributed by atoms with van der Waals surface area (Å²) >= 11 is 0. The van der Waals surface area contributed by atoms with Crippen LogP contribution in [-0.2, 0) is 0 Å². The lowest BCUT2D eigenvalue weighted by molar-refractivity contribution is 0.586. The van der Waals surface area contributed by atoms with Crippen LogP contribution in [0, 0.1) is 5.92 Å². The van der Waals surface area contributed by atoms with E-state index in [0.29, 0.717) is 11.8 Å². The molecular weight excluding hydrogens is 446 g/mol. The van der Waals surface area contributed by atoms with E-state index in [1.165, 1.54) is 29.4 Å². The number of fused-ring (bicyclic) bond motifs is 1. The molecule has 2 unspecified atom stereocenters. The summed E-state index contributed by atoms with van der Waals surface area (Å²) in [6.07, 6.45) is 19.1. The van der Waals surface area contributed by atoms with Gasteiger partial charge in [-0.3, -0.25) is 4.98 Å². The molecule has 0 spiro atoms. The van der Waals surface area contributed by atoms with Gasteiger partial charge < -0.3 is 15.5 Å².